The van der Waals surface area contributed by atoms with Gasteiger partial charge in [0.15, 0.2) is 0 Å². The van der Waals surface area contributed by atoms with Crippen molar-refractivity contribution in [2.45, 2.75) is 38.0 Å². The molecule has 1 N–H and O–H groups in total. The highest BCUT2D eigenvalue weighted by Gasteiger charge is 2.42. The Kier molecular flexibility index (Phi) is 8.81. The van der Waals surface area contributed by atoms with Crippen LogP contribution in [0.1, 0.15) is 46.9 Å². The predicted molar refractivity (Wildman–Crippen MR) is 193 cm³/mol. The highest BCUT2D eigenvalue weighted by Crippen LogP contribution is 2.43. The van der Waals surface area contributed by atoms with Crippen LogP contribution in [0.25, 0.3) is 27.9 Å². The molecule has 0 radical (unpaired) electrons. The molecule has 3 fully saturated rings. The molecule has 0 saturated carbocycles. The van der Waals surface area contributed by atoms with Crippen LogP contribution in [0.2, 0.25) is 0 Å². The van der Waals surface area contributed by atoms with E-state index in [1.165, 1.54) is 0 Å². The molecule has 8 rings (SSSR count). The summed E-state index contributed by atoms with van der Waals surface area (Å²) >= 11 is 2.34. The van der Waals surface area contributed by atoms with Crippen LogP contribution >= 0.6 is 22.6 Å². The van der Waals surface area contributed by atoms with E-state index in [1.54, 1.807) is 7.11 Å². The molecule has 3 aliphatic rings. The van der Waals surface area contributed by atoms with Crippen molar-refractivity contribution in [3.05, 3.63) is 124 Å². The zero-order chi connectivity index (χ0) is 31.8. The number of benzene rings is 3. The van der Waals surface area contributed by atoms with Crippen LogP contribution < -0.4 is 9.47 Å². The number of pyridine rings is 2. The van der Waals surface area contributed by atoms with E-state index in [4.69, 9.17) is 19.4 Å². The summed E-state index contributed by atoms with van der Waals surface area (Å²) in [7, 11) is 1.67. The summed E-state index contributed by atoms with van der Waals surface area (Å²) in [5, 5.41) is 14.2. The lowest BCUT2D eigenvalue weighted by Crippen LogP contribution is -2.54. The third kappa shape index (κ3) is 5.80. The molecule has 0 spiro atoms. The lowest BCUT2D eigenvalue weighted by atomic mass is 9.73. The fourth-order valence-corrected chi connectivity index (χ4v) is 7.99. The summed E-state index contributed by atoms with van der Waals surface area (Å²) in [6, 6.07) is 24.4. The number of fused-ring (bicyclic) bond motifs is 5. The maximum Gasteiger partial charge on any atom is 0.214 e. The number of piperidine rings is 3. The van der Waals surface area contributed by atoms with Crippen molar-refractivity contribution < 1.29 is 14.6 Å². The van der Waals surface area contributed by atoms with Crippen LogP contribution in [0.4, 0.5) is 0 Å². The number of hydrogen-bond donors (Lipinski definition) is 1. The normalized spacial score (nSPS) is 21.3. The van der Waals surface area contributed by atoms with Crippen molar-refractivity contribution in [2.75, 3.05) is 20.2 Å². The molecule has 2 unspecified atom stereocenters. The molecule has 0 aliphatic carbocycles. The molecule has 5 atom stereocenters. The van der Waals surface area contributed by atoms with Crippen molar-refractivity contribution in [2.24, 2.45) is 11.8 Å². The summed E-state index contributed by atoms with van der Waals surface area (Å²) in [6.45, 7) is 10.6. The first kappa shape index (κ1) is 30.8. The molecule has 5 aromatic rings. The zero-order valence-corrected chi connectivity index (χ0v) is 28.2. The van der Waals surface area contributed by atoms with Crippen molar-refractivity contribution in [3.8, 4) is 11.6 Å². The average molecular weight is 724 g/mol. The minimum Gasteiger partial charge on any atom is -0.496 e. The molecular weight excluding hydrogens is 685 g/mol. The van der Waals surface area contributed by atoms with Crippen LogP contribution in [-0.2, 0) is 13.0 Å². The van der Waals surface area contributed by atoms with Gasteiger partial charge in [0, 0.05) is 56.2 Å². The van der Waals surface area contributed by atoms with Crippen molar-refractivity contribution in [1.82, 2.24) is 14.9 Å². The minimum absolute atomic E-state index is 0.0276. The molecule has 6 nitrogen and oxygen atoms in total. The van der Waals surface area contributed by atoms with E-state index in [-0.39, 0.29) is 6.04 Å². The van der Waals surface area contributed by atoms with Gasteiger partial charge in [-0.25, -0.2) is 4.98 Å². The molecule has 2 bridgehead atoms. The van der Waals surface area contributed by atoms with E-state index >= 15 is 0 Å². The molecule has 234 valence electrons. The molecule has 0 amide bonds. The van der Waals surface area contributed by atoms with Gasteiger partial charge in [0.05, 0.1) is 24.2 Å². The van der Waals surface area contributed by atoms with Gasteiger partial charge in [0.2, 0.25) is 5.88 Å². The van der Waals surface area contributed by atoms with Crippen LogP contribution in [0.3, 0.4) is 0 Å². The van der Waals surface area contributed by atoms with Gasteiger partial charge in [-0.1, -0.05) is 55.1 Å². The fourth-order valence-electron chi connectivity index (χ4n) is 7.44. The molecule has 2 aromatic heterocycles. The Hall–Kier alpha value is -3.79. The molecule has 3 aliphatic heterocycles. The van der Waals surface area contributed by atoms with E-state index in [9.17, 15) is 5.11 Å². The van der Waals surface area contributed by atoms with E-state index < -0.39 is 6.10 Å². The Morgan fingerprint density at radius 3 is 2.61 bits per heavy atom. The average Bonchev–Trinajstić information content (AvgIpc) is 3.10. The monoisotopic (exact) mass is 723 g/mol. The van der Waals surface area contributed by atoms with Crippen molar-refractivity contribution >= 4 is 50.5 Å². The van der Waals surface area contributed by atoms with Gasteiger partial charge in [0.1, 0.15) is 12.4 Å². The number of aromatic nitrogens is 2. The van der Waals surface area contributed by atoms with E-state index in [0.29, 0.717) is 30.7 Å². The number of methoxy groups -OCH3 is 1. The maximum absolute atomic E-state index is 12.2. The molecule has 46 heavy (non-hydrogen) atoms. The number of aliphatic hydroxyl groups excluding tert-OH is 1. The van der Waals surface area contributed by atoms with Gasteiger partial charge in [-0.3, -0.25) is 9.88 Å². The lowest BCUT2D eigenvalue weighted by molar-refractivity contribution is -0.0445. The Balaban J connectivity index is 1.30. The number of hydrogen-bond acceptors (Lipinski definition) is 6. The predicted octanol–water partition coefficient (Wildman–Crippen LogP) is 8.14. The SMILES string of the molecule is C=Cc1c(OC)ccc2nc(Cc3cc(OCc4ccccc4I)nc4ccccc34)cc([C@@H](O)[C@@H]3CC4CCN3C[C@@H]4C=C)c12. The Bertz CT molecular complexity index is 1940. The smallest absolute Gasteiger partial charge is 0.214 e. The van der Waals surface area contributed by atoms with Crippen LogP contribution in [0.5, 0.6) is 11.6 Å². The summed E-state index contributed by atoms with van der Waals surface area (Å²) in [6.07, 6.45) is 5.87. The Morgan fingerprint density at radius 1 is 1.02 bits per heavy atom. The molecule has 3 saturated heterocycles. The van der Waals surface area contributed by atoms with Gasteiger partial charge in [-0.15, -0.1) is 6.58 Å². The third-order valence-corrected chi connectivity index (χ3v) is 10.9. The van der Waals surface area contributed by atoms with Crippen LogP contribution in [0, 0.1) is 15.4 Å². The number of halogens is 1. The standard InChI is InChI=1S/C39H38IN3O3/c1-4-24-22-43-17-16-25(24)19-35(43)39(44)31-21-28(41-34-14-15-36(45-3)29(5-2)38(31)34)18-27-20-37(42-33-13-9-7-11-30(27)33)46-23-26-10-6-8-12-32(26)40/h4-15,20-21,24-25,35,39,44H,1-2,16-19,22-23H2,3H3/t24-,25?,35-,39+/m0/s1. The number of aliphatic hydroxyl groups is 1. The molecular formula is C39H38IN3O3. The lowest BCUT2D eigenvalue weighted by Gasteiger charge is -2.50. The fraction of sp³-hybridized carbons (Fsp3) is 0.282. The first-order chi connectivity index (χ1) is 22.5. The molecule has 7 heteroatoms. The van der Waals surface area contributed by atoms with Gasteiger partial charge < -0.3 is 14.6 Å². The molecule has 5 heterocycles. The maximum atomic E-state index is 12.2. The largest absolute Gasteiger partial charge is 0.496 e. The highest BCUT2D eigenvalue weighted by atomic mass is 127. The van der Waals surface area contributed by atoms with Gasteiger partial charge in [-0.2, -0.15) is 0 Å². The number of para-hydroxylation sites is 1. The number of ether oxygens (including phenoxy) is 2. The first-order valence-corrected chi connectivity index (χ1v) is 17.0. The van der Waals surface area contributed by atoms with E-state index in [1.807, 2.05) is 54.6 Å². The van der Waals surface area contributed by atoms with Crippen molar-refractivity contribution in [1.29, 1.82) is 0 Å². The van der Waals surface area contributed by atoms with Crippen LogP contribution in [-0.4, -0.2) is 46.2 Å². The summed E-state index contributed by atoms with van der Waals surface area (Å²) < 4.78 is 13.1. The summed E-state index contributed by atoms with van der Waals surface area (Å²) in [4.78, 5) is 12.4. The second-order valence-corrected chi connectivity index (χ2v) is 13.5. The number of nitrogens with zero attached hydrogens (tertiary/aromatic N) is 3. The molecule has 3 aromatic carbocycles. The topological polar surface area (TPSA) is 67.7 Å². The third-order valence-electron chi connectivity index (χ3n) is 9.80. The second-order valence-electron chi connectivity index (χ2n) is 12.4. The Morgan fingerprint density at radius 2 is 1.85 bits per heavy atom. The number of rotatable bonds is 10. The van der Waals surface area contributed by atoms with Gasteiger partial charge >= 0.3 is 0 Å². The Labute approximate surface area is 283 Å². The van der Waals surface area contributed by atoms with E-state index in [0.717, 1.165) is 85.0 Å². The van der Waals surface area contributed by atoms with Crippen LogP contribution in [0.15, 0.2) is 92.0 Å². The summed E-state index contributed by atoms with van der Waals surface area (Å²) in [5.41, 5.74) is 6.48. The second kappa shape index (κ2) is 13.1. The van der Waals surface area contributed by atoms with Gasteiger partial charge in [-0.05, 0) is 95.3 Å². The zero-order valence-electron chi connectivity index (χ0n) is 26.0. The van der Waals surface area contributed by atoms with Crippen molar-refractivity contribution in [3.63, 3.8) is 0 Å². The first-order valence-electron chi connectivity index (χ1n) is 15.9. The summed E-state index contributed by atoms with van der Waals surface area (Å²) in [5.74, 6) is 2.32. The van der Waals surface area contributed by atoms with E-state index in [2.05, 4.69) is 71.0 Å². The van der Waals surface area contributed by atoms with Gasteiger partial charge in [0.25, 0.3) is 0 Å². The minimum atomic E-state index is -0.690. The quantitative estimate of drug-likeness (QED) is 0.116. The highest BCUT2D eigenvalue weighted by molar-refractivity contribution is 14.1.